The minimum Gasteiger partial charge on any atom is -0.326 e. The molecule has 1 aliphatic rings. The Morgan fingerprint density at radius 2 is 2.54 bits per heavy atom. The number of aromatic nitrogens is 1. The van der Waals surface area contributed by atoms with Crippen LogP contribution in [0.25, 0.3) is 0 Å². The predicted molar refractivity (Wildman–Crippen MR) is 54.7 cm³/mol. The maximum atomic E-state index is 6.10. The average molecular weight is 197 g/mol. The van der Waals surface area contributed by atoms with E-state index in [0.717, 1.165) is 13.0 Å². The number of nitrogens with two attached hydrogens (primary N) is 1. The Labute approximate surface area is 82.6 Å². The molecule has 0 aromatic carbocycles. The second-order valence-electron chi connectivity index (χ2n) is 3.64. The van der Waals surface area contributed by atoms with Crippen LogP contribution in [0.1, 0.15) is 23.8 Å². The van der Waals surface area contributed by atoms with Crippen LogP contribution in [0.4, 0.5) is 0 Å². The Morgan fingerprint density at radius 3 is 3.15 bits per heavy atom. The topological polar surface area (TPSA) is 42.1 Å². The van der Waals surface area contributed by atoms with Crippen LogP contribution in [0.15, 0.2) is 11.7 Å². The molecule has 72 valence electrons. The quantitative estimate of drug-likeness (QED) is 0.736. The average Bonchev–Trinajstić information content (AvgIpc) is 2.57. The normalized spacial score (nSPS) is 30.6. The molecule has 0 bridgehead atoms. The van der Waals surface area contributed by atoms with Crippen LogP contribution in [0.5, 0.6) is 0 Å². The van der Waals surface area contributed by atoms with Crippen molar-refractivity contribution in [3.8, 4) is 0 Å². The number of hydrogen-bond donors (Lipinski definition) is 1. The lowest BCUT2D eigenvalue weighted by molar-refractivity contribution is 0.165. The van der Waals surface area contributed by atoms with Crippen molar-refractivity contribution in [2.45, 2.75) is 24.9 Å². The number of hydrogen-bond acceptors (Lipinski definition) is 4. The summed E-state index contributed by atoms with van der Waals surface area (Å²) in [6.45, 7) is 1.15. The molecule has 1 fully saturated rings. The second-order valence-corrected chi connectivity index (χ2v) is 4.55. The Morgan fingerprint density at radius 1 is 1.69 bits per heavy atom. The van der Waals surface area contributed by atoms with Gasteiger partial charge in [-0.25, -0.2) is 0 Å². The van der Waals surface area contributed by atoms with Crippen LogP contribution in [0.2, 0.25) is 0 Å². The molecule has 3 nitrogen and oxygen atoms in total. The zero-order chi connectivity index (χ0) is 9.26. The fraction of sp³-hybridized carbons (Fsp3) is 0.667. The highest BCUT2D eigenvalue weighted by Gasteiger charge is 2.28. The molecular weight excluding hydrogens is 182 g/mol. The van der Waals surface area contributed by atoms with Crippen molar-refractivity contribution in [1.29, 1.82) is 0 Å². The van der Waals surface area contributed by atoms with Gasteiger partial charge in [-0.3, -0.25) is 9.88 Å². The van der Waals surface area contributed by atoms with E-state index in [4.69, 9.17) is 5.73 Å². The molecule has 0 saturated carbocycles. The number of nitrogens with zero attached hydrogens (tertiary/aromatic N) is 2. The molecule has 0 spiro atoms. The molecule has 0 amide bonds. The van der Waals surface area contributed by atoms with Crippen LogP contribution < -0.4 is 5.73 Å². The van der Waals surface area contributed by atoms with Crippen LogP contribution in [0, 0.1) is 0 Å². The monoisotopic (exact) mass is 197 g/mol. The van der Waals surface area contributed by atoms with E-state index < -0.39 is 0 Å². The highest BCUT2D eigenvalue weighted by molar-refractivity contribution is 7.09. The number of piperidine rings is 1. The van der Waals surface area contributed by atoms with Crippen LogP contribution in [-0.2, 0) is 0 Å². The first-order chi connectivity index (χ1) is 6.29. The molecule has 2 N–H and O–H groups in total. The fourth-order valence-electron chi connectivity index (χ4n) is 2.00. The van der Waals surface area contributed by atoms with E-state index in [2.05, 4.69) is 16.9 Å². The predicted octanol–water partition coefficient (Wildman–Crippen LogP) is 1.24. The molecule has 2 rings (SSSR count). The fourth-order valence-corrected chi connectivity index (χ4v) is 2.86. The van der Waals surface area contributed by atoms with Gasteiger partial charge in [0, 0.05) is 17.1 Å². The number of likely N-dealkylation sites (N-methyl/N-ethyl adjacent to an activating group) is 1. The lowest BCUT2D eigenvalue weighted by atomic mass is 9.97. The summed E-state index contributed by atoms with van der Waals surface area (Å²) in [6, 6.07) is 0.667. The van der Waals surface area contributed by atoms with Gasteiger partial charge < -0.3 is 5.73 Å². The maximum Gasteiger partial charge on any atom is 0.0794 e. The first kappa shape index (κ1) is 9.12. The summed E-state index contributed by atoms with van der Waals surface area (Å²) in [7, 11) is 2.14. The molecule has 2 atom stereocenters. The van der Waals surface area contributed by atoms with Gasteiger partial charge in [0.25, 0.3) is 0 Å². The largest absolute Gasteiger partial charge is 0.326 e. The van der Waals surface area contributed by atoms with E-state index in [1.165, 1.54) is 11.3 Å². The van der Waals surface area contributed by atoms with Crippen LogP contribution in [-0.4, -0.2) is 29.5 Å². The Balaban J connectivity index is 2.19. The summed E-state index contributed by atoms with van der Waals surface area (Å²) in [5.41, 5.74) is 7.98. The molecule has 2 unspecified atom stereocenters. The van der Waals surface area contributed by atoms with Gasteiger partial charge in [0.1, 0.15) is 0 Å². The summed E-state index contributed by atoms with van der Waals surface area (Å²) in [6.07, 6.45) is 4.29. The molecule has 4 heteroatoms. The summed E-state index contributed by atoms with van der Waals surface area (Å²) in [5, 5.41) is 0. The molecule has 13 heavy (non-hydrogen) atoms. The highest BCUT2D eigenvalue weighted by atomic mass is 32.1. The van der Waals surface area contributed by atoms with E-state index in [1.54, 1.807) is 11.3 Å². The zero-order valence-electron chi connectivity index (χ0n) is 7.81. The first-order valence-corrected chi connectivity index (χ1v) is 5.51. The Hall–Kier alpha value is -0.450. The number of thiazole rings is 1. The smallest absolute Gasteiger partial charge is 0.0794 e. The van der Waals surface area contributed by atoms with Crippen LogP contribution in [0.3, 0.4) is 0 Å². The summed E-state index contributed by atoms with van der Waals surface area (Å²) >= 11 is 1.70. The molecule has 2 heterocycles. The molecule has 0 aliphatic carbocycles. The van der Waals surface area contributed by atoms with E-state index in [9.17, 15) is 0 Å². The van der Waals surface area contributed by atoms with Crippen molar-refractivity contribution in [3.63, 3.8) is 0 Å². The van der Waals surface area contributed by atoms with Gasteiger partial charge in [-0.05, 0) is 26.4 Å². The summed E-state index contributed by atoms with van der Waals surface area (Å²) in [5.74, 6) is 0. The lowest BCUT2D eigenvalue weighted by Crippen LogP contribution is -2.43. The Kier molecular flexibility index (Phi) is 2.62. The second kappa shape index (κ2) is 3.74. The molecule has 1 aromatic rings. The van der Waals surface area contributed by atoms with Gasteiger partial charge in [-0.15, -0.1) is 11.3 Å². The van der Waals surface area contributed by atoms with Crippen molar-refractivity contribution in [3.05, 3.63) is 16.6 Å². The molecule has 1 aliphatic heterocycles. The van der Waals surface area contributed by atoms with Gasteiger partial charge in [-0.2, -0.15) is 0 Å². The van der Waals surface area contributed by atoms with Gasteiger partial charge in [0.15, 0.2) is 0 Å². The minimum atomic E-state index is 0.277. The third-order valence-electron chi connectivity index (χ3n) is 2.67. The molecule has 1 saturated heterocycles. The van der Waals surface area contributed by atoms with Gasteiger partial charge >= 0.3 is 0 Å². The number of rotatable bonds is 1. The van der Waals surface area contributed by atoms with Gasteiger partial charge in [-0.1, -0.05) is 0 Å². The molecular formula is C9H15N3S. The lowest BCUT2D eigenvalue weighted by Gasteiger charge is -2.36. The maximum absolute atomic E-state index is 6.10. The van der Waals surface area contributed by atoms with E-state index in [0.29, 0.717) is 6.04 Å². The third kappa shape index (κ3) is 1.75. The Bertz CT molecular complexity index is 250. The zero-order valence-corrected chi connectivity index (χ0v) is 8.63. The molecule has 0 radical (unpaired) electrons. The summed E-state index contributed by atoms with van der Waals surface area (Å²) < 4.78 is 0. The van der Waals surface area contributed by atoms with E-state index in [1.807, 2.05) is 11.7 Å². The van der Waals surface area contributed by atoms with Gasteiger partial charge in [0.2, 0.25) is 0 Å². The van der Waals surface area contributed by atoms with E-state index in [-0.39, 0.29) is 6.04 Å². The standard InChI is InChI=1S/C9H15N3S/c1-12-4-2-3-7(10)9(12)8-5-11-6-13-8/h5-7,9H,2-4,10H2,1H3. The first-order valence-electron chi connectivity index (χ1n) is 4.63. The van der Waals surface area contributed by atoms with Crippen molar-refractivity contribution < 1.29 is 0 Å². The van der Waals surface area contributed by atoms with Gasteiger partial charge in [0.05, 0.1) is 11.6 Å². The highest BCUT2D eigenvalue weighted by Crippen LogP contribution is 2.30. The van der Waals surface area contributed by atoms with Crippen molar-refractivity contribution >= 4 is 11.3 Å². The van der Waals surface area contributed by atoms with Crippen molar-refractivity contribution in [2.24, 2.45) is 5.73 Å². The van der Waals surface area contributed by atoms with E-state index >= 15 is 0 Å². The van der Waals surface area contributed by atoms with Crippen LogP contribution >= 0.6 is 11.3 Å². The minimum absolute atomic E-state index is 0.277. The third-order valence-corrected chi connectivity index (χ3v) is 3.52. The SMILES string of the molecule is CN1CCCC(N)C1c1cncs1. The van der Waals surface area contributed by atoms with Crippen molar-refractivity contribution in [1.82, 2.24) is 9.88 Å². The number of likely N-dealkylation sites (tertiary alicyclic amines) is 1. The van der Waals surface area contributed by atoms with Crippen molar-refractivity contribution in [2.75, 3.05) is 13.6 Å². The molecule has 1 aromatic heterocycles. The summed E-state index contributed by atoms with van der Waals surface area (Å²) in [4.78, 5) is 7.74.